The highest BCUT2D eigenvalue weighted by molar-refractivity contribution is 7.80. The van der Waals surface area contributed by atoms with Crippen LogP contribution < -0.4 is 10.6 Å². The van der Waals surface area contributed by atoms with Crippen LogP contribution in [0.15, 0.2) is 24.3 Å². The molecule has 2 rings (SSSR count). The van der Waals surface area contributed by atoms with Crippen molar-refractivity contribution in [3.05, 3.63) is 29.3 Å². The molecule has 1 heterocycles. The second kappa shape index (κ2) is 6.84. The van der Waals surface area contributed by atoms with Gasteiger partial charge in [-0.05, 0) is 57.6 Å². The standard InChI is InChI=1S/C16H22ClN3OS/c1-11-10-16(2,3)19-15(22)20(11)8-7-14(21)18-13-6-4-5-12(17)9-13/h4-6,9,11H,7-8,10H2,1-3H3,(H,18,21)(H,19,22)/t11-/m0/s1. The highest BCUT2D eigenvalue weighted by Gasteiger charge is 2.32. The summed E-state index contributed by atoms with van der Waals surface area (Å²) in [5.74, 6) is -0.0397. The van der Waals surface area contributed by atoms with Gasteiger partial charge in [0.15, 0.2) is 5.11 Å². The molecule has 0 spiro atoms. The molecular formula is C16H22ClN3OS. The van der Waals surface area contributed by atoms with Crippen molar-refractivity contribution in [2.45, 2.75) is 45.2 Å². The first-order chi connectivity index (χ1) is 10.3. The van der Waals surface area contributed by atoms with Crippen molar-refractivity contribution in [2.24, 2.45) is 0 Å². The summed E-state index contributed by atoms with van der Waals surface area (Å²) in [5, 5.41) is 7.51. The Morgan fingerprint density at radius 2 is 2.27 bits per heavy atom. The van der Waals surface area contributed by atoms with Gasteiger partial charge >= 0.3 is 0 Å². The zero-order valence-corrected chi connectivity index (χ0v) is 14.7. The van der Waals surface area contributed by atoms with Crippen LogP contribution in [0.25, 0.3) is 0 Å². The molecular weight excluding hydrogens is 318 g/mol. The van der Waals surface area contributed by atoms with Crippen LogP contribution in [0, 0.1) is 0 Å². The molecule has 1 fully saturated rings. The Morgan fingerprint density at radius 1 is 1.55 bits per heavy atom. The number of carbonyl (C=O) groups is 1. The van der Waals surface area contributed by atoms with E-state index in [4.69, 9.17) is 23.8 Å². The predicted molar refractivity (Wildman–Crippen MR) is 95.3 cm³/mol. The van der Waals surface area contributed by atoms with Crippen LogP contribution in [0.1, 0.15) is 33.6 Å². The molecule has 120 valence electrons. The van der Waals surface area contributed by atoms with E-state index in [9.17, 15) is 4.79 Å². The van der Waals surface area contributed by atoms with Crippen LogP contribution >= 0.6 is 23.8 Å². The van der Waals surface area contributed by atoms with Gasteiger partial charge in [0.25, 0.3) is 0 Å². The van der Waals surface area contributed by atoms with E-state index in [1.807, 2.05) is 12.1 Å². The van der Waals surface area contributed by atoms with Crippen molar-refractivity contribution in [3.63, 3.8) is 0 Å². The summed E-state index contributed by atoms with van der Waals surface area (Å²) in [7, 11) is 0. The number of thiocarbonyl (C=S) groups is 1. The number of nitrogens with zero attached hydrogens (tertiary/aromatic N) is 1. The van der Waals surface area contributed by atoms with Crippen LogP contribution in [0.4, 0.5) is 5.69 Å². The van der Waals surface area contributed by atoms with Gasteiger partial charge in [-0.1, -0.05) is 17.7 Å². The van der Waals surface area contributed by atoms with Crippen LogP contribution in [0.2, 0.25) is 5.02 Å². The molecule has 0 radical (unpaired) electrons. The topological polar surface area (TPSA) is 44.4 Å². The van der Waals surface area contributed by atoms with Crippen molar-refractivity contribution in [2.75, 3.05) is 11.9 Å². The minimum atomic E-state index is -0.0397. The zero-order valence-electron chi connectivity index (χ0n) is 13.1. The van der Waals surface area contributed by atoms with Gasteiger partial charge in [0.2, 0.25) is 5.91 Å². The minimum Gasteiger partial charge on any atom is -0.358 e. The number of anilines is 1. The van der Waals surface area contributed by atoms with Crippen molar-refractivity contribution in [1.29, 1.82) is 0 Å². The molecule has 1 aromatic rings. The molecule has 0 unspecified atom stereocenters. The first-order valence-corrected chi connectivity index (χ1v) is 8.20. The summed E-state index contributed by atoms with van der Waals surface area (Å²) in [6.45, 7) is 7.03. The van der Waals surface area contributed by atoms with E-state index in [1.165, 1.54) is 0 Å². The molecule has 1 aliphatic heterocycles. The Morgan fingerprint density at radius 3 is 2.91 bits per heavy atom. The van der Waals surface area contributed by atoms with E-state index in [-0.39, 0.29) is 11.4 Å². The van der Waals surface area contributed by atoms with Gasteiger partial charge in [-0.2, -0.15) is 0 Å². The van der Waals surface area contributed by atoms with Crippen molar-refractivity contribution in [1.82, 2.24) is 10.2 Å². The van der Waals surface area contributed by atoms with E-state index in [0.29, 0.717) is 29.7 Å². The van der Waals surface area contributed by atoms with Crippen LogP contribution in [-0.4, -0.2) is 34.0 Å². The van der Waals surface area contributed by atoms with Gasteiger partial charge in [0.05, 0.1) is 0 Å². The maximum atomic E-state index is 12.1. The average molecular weight is 340 g/mol. The first-order valence-electron chi connectivity index (χ1n) is 7.41. The lowest BCUT2D eigenvalue weighted by Crippen LogP contribution is -2.60. The molecule has 1 saturated heterocycles. The highest BCUT2D eigenvalue weighted by atomic mass is 35.5. The van der Waals surface area contributed by atoms with E-state index in [2.05, 4.69) is 36.3 Å². The van der Waals surface area contributed by atoms with Gasteiger partial charge in [-0.25, -0.2) is 0 Å². The third-order valence-corrected chi connectivity index (χ3v) is 4.30. The smallest absolute Gasteiger partial charge is 0.226 e. The van der Waals surface area contributed by atoms with Crippen LogP contribution in [0.3, 0.4) is 0 Å². The molecule has 1 aliphatic rings. The maximum Gasteiger partial charge on any atom is 0.226 e. The predicted octanol–water partition coefficient (Wildman–Crippen LogP) is 3.42. The fraction of sp³-hybridized carbons (Fsp3) is 0.500. The monoisotopic (exact) mass is 339 g/mol. The Kier molecular flexibility index (Phi) is 5.29. The Bertz CT molecular complexity index is 576. The third kappa shape index (κ3) is 4.58. The molecule has 0 aromatic heterocycles. The number of benzene rings is 1. The lowest BCUT2D eigenvalue weighted by atomic mass is 9.93. The van der Waals surface area contributed by atoms with E-state index < -0.39 is 0 Å². The summed E-state index contributed by atoms with van der Waals surface area (Å²) in [6.07, 6.45) is 1.38. The quantitative estimate of drug-likeness (QED) is 0.825. The number of hydrogen-bond acceptors (Lipinski definition) is 2. The number of hydrogen-bond donors (Lipinski definition) is 2. The Hall–Kier alpha value is -1.33. The number of halogens is 1. The summed E-state index contributed by atoms with van der Waals surface area (Å²) < 4.78 is 0. The summed E-state index contributed by atoms with van der Waals surface area (Å²) in [5.41, 5.74) is 0.724. The van der Waals surface area contributed by atoms with Gasteiger partial charge in [0.1, 0.15) is 0 Å². The van der Waals surface area contributed by atoms with Gasteiger partial charge < -0.3 is 15.5 Å². The Labute approximate surface area is 142 Å². The third-order valence-electron chi connectivity index (χ3n) is 3.73. The molecule has 2 N–H and O–H groups in total. The van der Waals surface area contributed by atoms with Gasteiger partial charge in [-0.3, -0.25) is 4.79 Å². The van der Waals surface area contributed by atoms with Gasteiger partial charge in [0, 0.05) is 35.3 Å². The lowest BCUT2D eigenvalue weighted by molar-refractivity contribution is -0.116. The molecule has 22 heavy (non-hydrogen) atoms. The molecule has 0 aliphatic carbocycles. The molecule has 0 bridgehead atoms. The maximum absolute atomic E-state index is 12.1. The van der Waals surface area contributed by atoms with Crippen molar-refractivity contribution >= 4 is 40.5 Å². The van der Waals surface area contributed by atoms with Crippen molar-refractivity contribution < 1.29 is 4.79 Å². The molecule has 4 nitrogen and oxygen atoms in total. The Balaban J connectivity index is 1.87. The second-order valence-corrected chi connectivity index (χ2v) is 7.19. The van der Waals surface area contributed by atoms with Crippen LogP contribution in [0.5, 0.6) is 0 Å². The number of nitrogens with one attached hydrogen (secondary N) is 2. The van der Waals surface area contributed by atoms with E-state index in [1.54, 1.807) is 12.1 Å². The molecule has 1 amide bonds. The number of amides is 1. The van der Waals surface area contributed by atoms with E-state index >= 15 is 0 Å². The SMILES string of the molecule is C[C@H]1CC(C)(C)NC(=S)N1CCC(=O)Nc1cccc(Cl)c1. The van der Waals surface area contributed by atoms with Gasteiger partial charge in [-0.15, -0.1) is 0 Å². The number of rotatable bonds is 4. The molecule has 6 heteroatoms. The molecule has 0 saturated carbocycles. The zero-order chi connectivity index (χ0) is 16.3. The fourth-order valence-corrected chi connectivity index (χ4v) is 3.53. The lowest BCUT2D eigenvalue weighted by Gasteiger charge is -2.44. The van der Waals surface area contributed by atoms with E-state index in [0.717, 1.165) is 11.5 Å². The highest BCUT2D eigenvalue weighted by Crippen LogP contribution is 2.22. The minimum absolute atomic E-state index is 0.00997. The molecule has 1 atom stereocenters. The second-order valence-electron chi connectivity index (χ2n) is 6.37. The summed E-state index contributed by atoms with van der Waals surface area (Å²) in [4.78, 5) is 14.1. The van der Waals surface area contributed by atoms with Crippen molar-refractivity contribution in [3.8, 4) is 0 Å². The van der Waals surface area contributed by atoms with Crippen LogP contribution in [-0.2, 0) is 4.79 Å². The summed E-state index contributed by atoms with van der Waals surface area (Å²) in [6, 6.07) is 7.46. The molecule has 1 aromatic carbocycles. The first kappa shape index (κ1) is 17.0. The number of carbonyl (C=O) groups excluding carboxylic acids is 1. The summed E-state index contributed by atoms with van der Waals surface area (Å²) >= 11 is 11.3. The normalized spacial score (nSPS) is 20.5. The largest absolute Gasteiger partial charge is 0.358 e. The fourth-order valence-electron chi connectivity index (χ4n) is 2.79. The average Bonchev–Trinajstić information content (AvgIpc) is 2.36.